The maximum atomic E-state index is 11.8. The molecular weight excluding hydrogens is 292 g/mol. The van der Waals surface area contributed by atoms with E-state index in [2.05, 4.69) is 0 Å². The smallest absolute Gasteiger partial charge is 0.305 e. The third-order valence-electron chi connectivity index (χ3n) is 3.98. The number of aromatic hydroxyl groups is 2. The molecule has 0 saturated carbocycles. The third kappa shape index (κ3) is 4.03. The lowest BCUT2D eigenvalue weighted by atomic mass is 9.77. The van der Waals surface area contributed by atoms with Gasteiger partial charge in [-0.05, 0) is 48.7 Å². The predicted molar refractivity (Wildman–Crippen MR) is 88.5 cm³/mol. The topological polar surface area (TPSA) is 66.8 Å². The number of hydrogen-bond acceptors (Lipinski definition) is 4. The molecule has 0 aliphatic heterocycles. The molecule has 0 fully saturated rings. The van der Waals surface area contributed by atoms with Crippen molar-refractivity contribution >= 4 is 5.97 Å². The van der Waals surface area contributed by atoms with Crippen molar-refractivity contribution in [3.63, 3.8) is 0 Å². The second kappa shape index (κ2) is 7.18. The van der Waals surface area contributed by atoms with Gasteiger partial charge in [-0.25, -0.2) is 0 Å². The number of carbonyl (C=O) groups excluding carboxylic acids is 1. The van der Waals surface area contributed by atoms with Gasteiger partial charge in [-0.1, -0.05) is 31.2 Å². The van der Waals surface area contributed by atoms with Crippen LogP contribution in [0.2, 0.25) is 0 Å². The Kier molecular flexibility index (Phi) is 5.27. The molecule has 0 aliphatic carbocycles. The molecule has 0 bridgehead atoms. The molecule has 2 rings (SSSR count). The highest BCUT2D eigenvalue weighted by molar-refractivity contribution is 5.69. The van der Waals surface area contributed by atoms with E-state index in [4.69, 9.17) is 4.74 Å². The Morgan fingerprint density at radius 2 is 1.39 bits per heavy atom. The first-order valence-electron chi connectivity index (χ1n) is 7.70. The number of carbonyl (C=O) groups is 1. The summed E-state index contributed by atoms with van der Waals surface area (Å²) in [5, 5.41) is 19.0. The minimum Gasteiger partial charge on any atom is -0.508 e. The van der Waals surface area contributed by atoms with Crippen LogP contribution >= 0.6 is 0 Å². The van der Waals surface area contributed by atoms with E-state index >= 15 is 0 Å². The molecular formula is C19H22O4. The third-order valence-corrected chi connectivity index (χ3v) is 3.98. The molecule has 0 saturated heterocycles. The van der Waals surface area contributed by atoms with Gasteiger partial charge in [0.15, 0.2) is 0 Å². The lowest BCUT2D eigenvalue weighted by Gasteiger charge is -2.30. The molecule has 0 heterocycles. The molecule has 2 aromatic carbocycles. The number of ether oxygens (including phenoxy) is 1. The summed E-state index contributed by atoms with van der Waals surface area (Å²) in [6.07, 6.45) is 1.13. The molecule has 0 radical (unpaired) electrons. The molecule has 0 aliphatic rings. The Bertz CT molecular complexity index is 599. The standard InChI is InChI=1S/C19H22O4/c1-3-4-18(22)23-13-19(2,14-5-9-16(20)10-6-14)15-7-11-17(21)12-8-15/h5-12,20-21H,3-4,13H2,1-2H3. The van der Waals surface area contributed by atoms with E-state index in [1.54, 1.807) is 24.3 Å². The predicted octanol–water partition coefficient (Wildman–Crippen LogP) is 3.75. The van der Waals surface area contributed by atoms with Gasteiger partial charge in [0.1, 0.15) is 18.1 Å². The highest BCUT2D eigenvalue weighted by atomic mass is 16.5. The van der Waals surface area contributed by atoms with Crippen LogP contribution in [-0.2, 0) is 14.9 Å². The summed E-state index contributed by atoms with van der Waals surface area (Å²) in [5.74, 6) is 0.144. The lowest BCUT2D eigenvalue weighted by molar-refractivity contribution is -0.145. The van der Waals surface area contributed by atoms with E-state index in [-0.39, 0.29) is 24.1 Å². The lowest BCUT2D eigenvalue weighted by Crippen LogP contribution is -2.31. The maximum Gasteiger partial charge on any atom is 0.305 e. The highest BCUT2D eigenvalue weighted by Crippen LogP contribution is 2.34. The largest absolute Gasteiger partial charge is 0.508 e. The van der Waals surface area contributed by atoms with Crippen molar-refractivity contribution in [2.45, 2.75) is 32.1 Å². The number of rotatable bonds is 6. The van der Waals surface area contributed by atoms with Crippen LogP contribution in [0.3, 0.4) is 0 Å². The minimum atomic E-state index is -0.565. The van der Waals surface area contributed by atoms with Crippen molar-refractivity contribution in [3.05, 3.63) is 59.7 Å². The normalized spacial score (nSPS) is 11.2. The summed E-state index contributed by atoms with van der Waals surface area (Å²) >= 11 is 0. The van der Waals surface area contributed by atoms with E-state index in [0.29, 0.717) is 6.42 Å². The molecule has 0 spiro atoms. The van der Waals surface area contributed by atoms with Gasteiger partial charge in [-0.2, -0.15) is 0 Å². The van der Waals surface area contributed by atoms with Crippen molar-refractivity contribution in [1.82, 2.24) is 0 Å². The van der Waals surface area contributed by atoms with Crippen LogP contribution < -0.4 is 0 Å². The monoisotopic (exact) mass is 314 g/mol. The van der Waals surface area contributed by atoms with Crippen LogP contribution in [0.1, 0.15) is 37.8 Å². The fourth-order valence-electron chi connectivity index (χ4n) is 2.49. The molecule has 4 heteroatoms. The van der Waals surface area contributed by atoms with Crippen molar-refractivity contribution in [2.24, 2.45) is 0 Å². The average molecular weight is 314 g/mol. The van der Waals surface area contributed by atoms with Crippen molar-refractivity contribution in [1.29, 1.82) is 0 Å². The Hall–Kier alpha value is -2.49. The molecule has 0 unspecified atom stereocenters. The quantitative estimate of drug-likeness (QED) is 0.797. The Morgan fingerprint density at radius 3 is 1.78 bits per heavy atom. The average Bonchev–Trinajstić information content (AvgIpc) is 2.54. The van der Waals surface area contributed by atoms with E-state index in [9.17, 15) is 15.0 Å². The first-order chi connectivity index (χ1) is 11.0. The number of phenolic OH excluding ortho intramolecular Hbond substituents is 2. The second-order valence-electron chi connectivity index (χ2n) is 5.84. The molecule has 23 heavy (non-hydrogen) atoms. The van der Waals surface area contributed by atoms with Crippen LogP contribution in [0.25, 0.3) is 0 Å². The summed E-state index contributed by atoms with van der Waals surface area (Å²) in [7, 11) is 0. The number of phenols is 2. The van der Waals surface area contributed by atoms with Gasteiger partial charge >= 0.3 is 5.97 Å². The van der Waals surface area contributed by atoms with Gasteiger partial charge in [-0.3, -0.25) is 4.79 Å². The van der Waals surface area contributed by atoms with E-state index in [1.807, 2.05) is 38.1 Å². The van der Waals surface area contributed by atoms with Gasteiger partial charge in [0.2, 0.25) is 0 Å². The first-order valence-corrected chi connectivity index (χ1v) is 7.70. The van der Waals surface area contributed by atoms with Gasteiger partial charge in [-0.15, -0.1) is 0 Å². The molecule has 0 aromatic heterocycles. The maximum absolute atomic E-state index is 11.8. The summed E-state index contributed by atoms with van der Waals surface area (Å²) in [6.45, 7) is 4.10. The van der Waals surface area contributed by atoms with Gasteiger partial charge in [0.25, 0.3) is 0 Å². The SMILES string of the molecule is CCCC(=O)OCC(C)(c1ccc(O)cc1)c1ccc(O)cc1. The fraction of sp³-hybridized carbons (Fsp3) is 0.316. The van der Waals surface area contributed by atoms with Crippen molar-refractivity contribution in [3.8, 4) is 11.5 Å². The van der Waals surface area contributed by atoms with Crippen molar-refractivity contribution in [2.75, 3.05) is 6.61 Å². The molecule has 2 N–H and O–H groups in total. The van der Waals surface area contributed by atoms with Crippen LogP contribution in [0.5, 0.6) is 11.5 Å². The van der Waals surface area contributed by atoms with Crippen LogP contribution in [0.4, 0.5) is 0 Å². The zero-order valence-electron chi connectivity index (χ0n) is 13.5. The molecule has 0 atom stereocenters. The molecule has 0 amide bonds. The highest BCUT2D eigenvalue weighted by Gasteiger charge is 2.31. The van der Waals surface area contributed by atoms with E-state index in [1.165, 1.54) is 0 Å². The summed E-state index contributed by atoms with van der Waals surface area (Å²) in [5.41, 5.74) is 1.28. The molecule has 2 aromatic rings. The van der Waals surface area contributed by atoms with Gasteiger partial charge in [0, 0.05) is 6.42 Å². The fourth-order valence-corrected chi connectivity index (χ4v) is 2.49. The van der Waals surface area contributed by atoms with Crippen LogP contribution in [0.15, 0.2) is 48.5 Å². The Labute approximate surface area is 136 Å². The van der Waals surface area contributed by atoms with Gasteiger partial charge in [0.05, 0.1) is 5.41 Å². The second-order valence-corrected chi connectivity index (χ2v) is 5.84. The Balaban J connectivity index is 2.35. The zero-order valence-corrected chi connectivity index (χ0v) is 13.5. The van der Waals surface area contributed by atoms with Crippen LogP contribution in [-0.4, -0.2) is 22.8 Å². The minimum absolute atomic E-state index is 0.185. The van der Waals surface area contributed by atoms with Gasteiger partial charge < -0.3 is 14.9 Å². The number of esters is 1. The summed E-state index contributed by atoms with van der Waals surface area (Å²) < 4.78 is 5.45. The van der Waals surface area contributed by atoms with Crippen molar-refractivity contribution < 1.29 is 19.7 Å². The molecule has 122 valence electrons. The van der Waals surface area contributed by atoms with E-state index in [0.717, 1.165) is 17.5 Å². The van der Waals surface area contributed by atoms with Crippen LogP contribution in [0, 0.1) is 0 Å². The first kappa shape index (κ1) is 16.9. The number of benzene rings is 2. The summed E-state index contributed by atoms with van der Waals surface area (Å²) in [4.78, 5) is 11.8. The van der Waals surface area contributed by atoms with E-state index < -0.39 is 5.41 Å². The summed E-state index contributed by atoms with van der Waals surface area (Å²) in [6, 6.07) is 13.7. The number of hydrogen-bond donors (Lipinski definition) is 2. The molecule has 4 nitrogen and oxygen atoms in total. The zero-order chi connectivity index (χ0) is 16.9. The Morgan fingerprint density at radius 1 is 0.957 bits per heavy atom.